The summed E-state index contributed by atoms with van der Waals surface area (Å²) in [6, 6.07) is 11.0. The molecule has 2 saturated heterocycles. The van der Waals surface area contributed by atoms with E-state index in [1.165, 1.54) is 5.56 Å². The summed E-state index contributed by atoms with van der Waals surface area (Å²) in [6.07, 6.45) is 2.72. The number of benzene rings is 1. The zero-order valence-corrected chi connectivity index (χ0v) is 14.5. The average molecular weight is 331 g/mol. The topological polar surface area (TPSA) is 44.8 Å². The summed E-state index contributed by atoms with van der Waals surface area (Å²) in [5, 5.41) is 3.30. The third-order valence-electron chi connectivity index (χ3n) is 5.04. The molecule has 0 saturated carbocycles. The molecule has 2 aliphatic rings. The van der Waals surface area contributed by atoms with E-state index < -0.39 is 0 Å². The van der Waals surface area contributed by atoms with Gasteiger partial charge in [-0.3, -0.25) is 9.69 Å². The first kappa shape index (κ1) is 17.4. The minimum Gasteiger partial charge on any atom is -0.380 e. The molecule has 132 valence electrons. The molecular formula is C19H29N3O2. The largest absolute Gasteiger partial charge is 0.380 e. The molecule has 0 aliphatic carbocycles. The molecule has 0 aromatic heterocycles. The summed E-state index contributed by atoms with van der Waals surface area (Å²) < 4.78 is 5.57. The molecule has 1 aromatic carbocycles. The molecule has 0 spiro atoms. The van der Waals surface area contributed by atoms with E-state index in [0.29, 0.717) is 18.4 Å². The number of nitrogens with zero attached hydrogens (tertiary/aromatic N) is 2. The predicted molar refractivity (Wildman–Crippen MR) is 95.0 cm³/mol. The smallest absolute Gasteiger partial charge is 0.223 e. The van der Waals surface area contributed by atoms with Gasteiger partial charge in [0, 0.05) is 58.3 Å². The Bertz CT molecular complexity index is 497. The summed E-state index contributed by atoms with van der Waals surface area (Å²) in [5.41, 5.74) is 1.36. The van der Waals surface area contributed by atoms with Gasteiger partial charge in [-0.25, -0.2) is 0 Å². The van der Waals surface area contributed by atoms with Crippen LogP contribution < -0.4 is 5.32 Å². The van der Waals surface area contributed by atoms with Crippen molar-refractivity contribution < 1.29 is 9.53 Å². The highest BCUT2D eigenvalue weighted by atomic mass is 16.5. The van der Waals surface area contributed by atoms with Crippen LogP contribution in [0.5, 0.6) is 0 Å². The Morgan fingerprint density at radius 1 is 1.21 bits per heavy atom. The molecule has 2 aliphatic heterocycles. The predicted octanol–water partition coefficient (Wildman–Crippen LogP) is 1.14. The van der Waals surface area contributed by atoms with E-state index in [1.807, 2.05) is 4.90 Å². The fourth-order valence-electron chi connectivity index (χ4n) is 3.52. The van der Waals surface area contributed by atoms with Crippen LogP contribution in [0.4, 0.5) is 0 Å². The fraction of sp³-hybridized carbons (Fsp3) is 0.632. The number of carbonyl (C=O) groups is 1. The Morgan fingerprint density at radius 3 is 2.71 bits per heavy atom. The lowest BCUT2D eigenvalue weighted by molar-refractivity contribution is -0.132. The van der Waals surface area contributed by atoms with Crippen LogP contribution in [0.25, 0.3) is 0 Å². The van der Waals surface area contributed by atoms with Gasteiger partial charge in [-0.2, -0.15) is 0 Å². The van der Waals surface area contributed by atoms with Crippen LogP contribution >= 0.6 is 0 Å². The maximum absolute atomic E-state index is 12.4. The first-order chi connectivity index (χ1) is 11.8. The van der Waals surface area contributed by atoms with Crippen molar-refractivity contribution in [1.82, 2.24) is 15.1 Å². The van der Waals surface area contributed by atoms with Gasteiger partial charge in [0.2, 0.25) is 5.91 Å². The molecule has 1 aromatic rings. The van der Waals surface area contributed by atoms with Crippen molar-refractivity contribution in [2.24, 2.45) is 0 Å². The second-order valence-electron chi connectivity index (χ2n) is 6.67. The van der Waals surface area contributed by atoms with E-state index in [2.05, 4.69) is 40.5 Å². The van der Waals surface area contributed by atoms with E-state index in [1.54, 1.807) is 0 Å². The highest BCUT2D eigenvalue weighted by molar-refractivity contribution is 5.76. The van der Waals surface area contributed by atoms with Gasteiger partial charge in [-0.05, 0) is 18.4 Å². The lowest BCUT2D eigenvalue weighted by Gasteiger charge is -2.31. The Kier molecular flexibility index (Phi) is 6.64. The first-order valence-electron chi connectivity index (χ1n) is 9.17. The van der Waals surface area contributed by atoms with Crippen LogP contribution in [0.2, 0.25) is 0 Å². The second kappa shape index (κ2) is 9.16. The van der Waals surface area contributed by atoms with Crippen LogP contribution in [0.3, 0.4) is 0 Å². The van der Waals surface area contributed by atoms with E-state index in [-0.39, 0.29) is 0 Å². The molecule has 2 fully saturated rings. The zero-order chi connectivity index (χ0) is 16.6. The Hall–Kier alpha value is -1.43. The molecule has 3 rings (SSSR count). The van der Waals surface area contributed by atoms with Crippen molar-refractivity contribution in [3.05, 3.63) is 35.9 Å². The van der Waals surface area contributed by atoms with Crippen molar-refractivity contribution in [3.63, 3.8) is 0 Å². The van der Waals surface area contributed by atoms with Gasteiger partial charge >= 0.3 is 0 Å². The molecule has 1 N–H and O–H groups in total. The number of hydrogen-bond acceptors (Lipinski definition) is 4. The number of amides is 1. The molecule has 1 amide bonds. The minimum atomic E-state index is 0.292. The molecule has 5 nitrogen and oxygen atoms in total. The maximum Gasteiger partial charge on any atom is 0.223 e. The number of piperazine rings is 1. The van der Waals surface area contributed by atoms with Crippen molar-refractivity contribution in [3.8, 4) is 0 Å². The van der Waals surface area contributed by atoms with Crippen molar-refractivity contribution in [2.45, 2.75) is 25.3 Å². The van der Waals surface area contributed by atoms with Crippen molar-refractivity contribution in [2.75, 3.05) is 52.5 Å². The molecule has 5 heteroatoms. The first-order valence-corrected chi connectivity index (χ1v) is 9.17. The normalized spacial score (nSPS) is 21.4. The van der Waals surface area contributed by atoms with Crippen LogP contribution in [0.1, 0.15) is 18.4 Å². The molecule has 0 radical (unpaired) electrons. The second-order valence-corrected chi connectivity index (χ2v) is 6.67. The zero-order valence-electron chi connectivity index (χ0n) is 14.5. The quantitative estimate of drug-likeness (QED) is 0.814. The number of nitrogens with one attached hydrogen (secondary N) is 1. The summed E-state index contributed by atoms with van der Waals surface area (Å²) in [4.78, 5) is 16.9. The van der Waals surface area contributed by atoms with Gasteiger partial charge in [-0.1, -0.05) is 30.3 Å². The van der Waals surface area contributed by atoms with Crippen LogP contribution in [-0.4, -0.2) is 74.2 Å². The Labute approximate surface area is 145 Å². The van der Waals surface area contributed by atoms with Crippen molar-refractivity contribution >= 4 is 5.91 Å². The van der Waals surface area contributed by atoms with E-state index >= 15 is 0 Å². The van der Waals surface area contributed by atoms with Crippen molar-refractivity contribution in [1.29, 1.82) is 0 Å². The summed E-state index contributed by atoms with van der Waals surface area (Å²) in [5.74, 6) is 0.292. The van der Waals surface area contributed by atoms with Gasteiger partial charge in [0.25, 0.3) is 0 Å². The maximum atomic E-state index is 12.4. The average Bonchev–Trinajstić information content (AvgIpc) is 3.17. The molecule has 1 unspecified atom stereocenters. The Balaban J connectivity index is 1.50. The molecule has 24 heavy (non-hydrogen) atoms. The SMILES string of the molecule is O=C(CCN(CCc1ccccc1)C1CCOC1)N1CCNCC1. The molecule has 0 bridgehead atoms. The molecule has 1 atom stereocenters. The van der Waals surface area contributed by atoms with Gasteiger partial charge in [-0.15, -0.1) is 0 Å². The van der Waals surface area contributed by atoms with Crippen LogP contribution in [-0.2, 0) is 16.0 Å². The van der Waals surface area contributed by atoms with E-state index in [9.17, 15) is 4.79 Å². The third kappa shape index (κ3) is 5.03. The van der Waals surface area contributed by atoms with Gasteiger partial charge in [0.15, 0.2) is 0 Å². The highest BCUT2D eigenvalue weighted by Crippen LogP contribution is 2.14. The minimum absolute atomic E-state index is 0.292. The number of ether oxygens (including phenoxy) is 1. The van der Waals surface area contributed by atoms with Gasteiger partial charge < -0.3 is 15.0 Å². The van der Waals surface area contributed by atoms with Crippen LogP contribution in [0, 0.1) is 0 Å². The monoisotopic (exact) mass is 331 g/mol. The third-order valence-corrected chi connectivity index (χ3v) is 5.04. The summed E-state index contributed by atoms with van der Waals surface area (Å²) in [6.45, 7) is 7.00. The lowest BCUT2D eigenvalue weighted by atomic mass is 10.1. The van der Waals surface area contributed by atoms with E-state index in [4.69, 9.17) is 4.74 Å². The summed E-state index contributed by atoms with van der Waals surface area (Å²) >= 11 is 0. The molecule has 2 heterocycles. The lowest BCUT2D eigenvalue weighted by Crippen LogP contribution is -2.47. The van der Waals surface area contributed by atoms with E-state index in [0.717, 1.165) is 65.3 Å². The summed E-state index contributed by atoms with van der Waals surface area (Å²) in [7, 11) is 0. The molecular weight excluding hydrogens is 302 g/mol. The number of carbonyl (C=O) groups excluding carboxylic acids is 1. The number of rotatable bonds is 7. The fourth-order valence-corrected chi connectivity index (χ4v) is 3.52. The highest BCUT2D eigenvalue weighted by Gasteiger charge is 2.24. The Morgan fingerprint density at radius 2 is 2.00 bits per heavy atom. The number of hydrogen-bond donors (Lipinski definition) is 1. The van der Waals surface area contributed by atoms with Gasteiger partial charge in [0.1, 0.15) is 0 Å². The standard InChI is InChI=1S/C19H29N3O2/c23-19(22-13-9-20-10-14-22)7-12-21(18-8-15-24-16-18)11-6-17-4-2-1-3-5-17/h1-5,18,20H,6-16H2. The van der Waals surface area contributed by atoms with Gasteiger partial charge in [0.05, 0.1) is 6.61 Å². The van der Waals surface area contributed by atoms with Crippen LogP contribution in [0.15, 0.2) is 30.3 Å².